The van der Waals surface area contributed by atoms with Crippen LogP contribution in [-0.2, 0) is 14.3 Å². The van der Waals surface area contributed by atoms with Crippen LogP contribution in [0.15, 0.2) is 60.2 Å². The lowest BCUT2D eigenvalue weighted by Crippen LogP contribution is -2.60. The molecular weight excluding hydrogens is 444 g/mol. The van der Waals surface area contributed by atoms with E-state index in [0.717, 1.165) is 27.8 Å². The van der Waals surface area contributed by atoms with E-state index in [1.54, 1.807) is 19.9 Å². The Morgan fingerprint density at radius 2 is 1.54 bits per heavy atom. The number of nitrogens with one attached hydrogen (secondary N) is 2. The van der Waals surface area contributed by atoms with Crippen molar-refractivity contribution < 1.29 is 24.2 Å². The predicted octanol–water partition coefficient (Wildman–Crippen LogP) is 5.01. The van der Waals surface area contributed by atoms with Gasteiger partial charge in [-0.15, -0.1) is 0 Å². The lowest BCUT2D eigenvalue weighted by molar-refractivity contribution is -0.143. The fourth-order valence-corrected chi connectivity index (χ4v) is 4.51. The Labute approximate surface area is 206 Å². The number of allylic oxidation sites excluding steroid dienone is 1. The third kappa shape index (κ3) is 5.73. The maximum Gasteiger partial charge on any atom is 0.408 e. The van der Waals surface area contributed by atoms with E-state index >= 15 is 0 Å². The first-order valence-electron chi connectivity index (χ1n) is 12.0. The molecule has 0 radical (unpaired) electrons. The summed E-state index contributed by atoms with van der Waals surface area (Å²) in [6, 6.07) is 15.0. The molecule has 2 amide bonds. The number of amides is 2. The van der Waals surface area contributed by atoms with E-state index in [9.17, 15) is 19.5 Å². The SMILES string of the molecule is CCC(CC)(NC(=O)OCC1c2ccccc2-c2ccccc21)C(=O)NC(CC=C(C)C)C(=O)O. The number of hydrogen-bond donors (Lipinski definition) is 3. The Balaban J connectivity index is 1.70. The summed E-state index contributed by atoms with van der Waals surface area (Å²) in [6.45, 7) is 7.41. The molecule has 2 aromatic rings. The zero-order valence-electron chi connectivity index (χ0n) is 20.8. The molecule has 1 aliphatic carbocycles. The number of aliphatic carboxylic acids is 1. The first kappa shape index (κ1) is 26.0. The Morgan fingerprint density at radius 3 is 2.03 bits per heavy atom. The highest BCUT2D eigenvalue weighted by atomic mass is 16.5. The van der Waals surface area contributed by atoms with Gasteiger partial charge in [0.2, 0.25) is 5.91 Å². The molecule has 1 atom stereocenters. The highest BCUT2D eigenvalue weighted by Crippen LogP contribution is 2.44. The monoisotopic (exact) mass is 478 g/mol. The number of carbonyl (C=O) groups excluding carboxylic acids is 2. The van der Waals surface area contributed by atoms with Crippen LogP contribution >= 0.6 is 0 Å². The van der Waals surface area contributed by atoms with Crippen molar-refractivity contribution in [1.29, 1.82) is 0 Å². The minimum atomic E-state index is -1.28. The average Bonchev–Trinajstić information content (AvgIpc) is 3.17. The summed E-state index contributed by atoms with van der Waals surface area (Å²) in [7, 11) is 0. The molecule has 0 aromatic heterocycles. The van der Waals surface area contributed by atoms with Gasteiger partial charge < -0.3 is 20.5 Å². The number of hydrogen-bond acceptors (Lipinski definition) is 4. The lowest BCUT2D eigenvalue weighted by atomic mass is 9.91. The Morgan fingerprint density at radius 1 is 1.00 bits per heavy atom. The molecule has 35 heavy (non-hydrogen) atoms. The summed E-state index contributed by atoms with van der Waals surface area (Å²) < 4.78 is 5.62. The molecule has 3 rings (SSSR count). The third-order valence-electron chi connectivity index (χ3n) is 6.69. The van der Waals surface area contributed by atoms with Crippen LogP contribution in [0, 0.1) is 0 Å². The molecule has 0 aliphatic heterocycles. The van der Waals surface area contributed by atoms with Crippen molar-refractivity contribution in [3.05, 3.63) is 71.3 Å². The molecule has 7 nitrogen and oxygen atoms in total. The van der Waals surface area contributed by atoms with E-state index in [-0.39, 0.29) is 31.8 Å². The molecule has 7 heteroatoms. The Hall–Kier alpha value is -3.61. The summed E-state index contributed by atoms with van der Waals surface area (Å²) in [5.74, 6) is -1.76. The fourth-order valence-electron chi connectivity index (χ4n) is 4.51. The predicted molar refractivity (Wildman–Crippen MR) is 135 cm³/mol. The summed E-state index contributed by atoms with van der Waals surface area (Å²) >= 11 is 0. The molecule has 0 saturated carbocycles. The van der Waals surface area contributed by atoms with E-state index in [2.05, 4.69) is 22.8 Å². The van der Waals surface area contributed by atoms with Crippen molar-refractivity contribution in [2.24, 2.45) is 0 Å². The van der Waals surface area contributed by atoms with Crippen LogP contribution in [0.5, 0.6) is 0 Å². The second-order valence-electron chi connectivity index (χ2n) is 9.12. The molecule has 3 N–H and O–H groups in total. The van der Waals surface area contributed by atoms with Crippen molar-refractivity contribution in [2.45, 2.75) is 64.5 Å². The van der Waals surface area contributed by atoms with Gasteiger partial charge in [-0.2, -0.15) is 0 Å². The molecule has 186 valence electrons. The van der Waals surface area contributed by atoms with E-state index in [4.69, 9.17) is 4.74 Å². The average molecular weight is 479 g/mol. The van der Waals surface area contributed by atoms with Crippen LogP contribution in [0.1, 0.15) is 64.0 Å². The van der Waals surface area contributed by atoms with E-state index in [0.29, 0.717) is 0 Å². The first-order valence-corrected chi connectivity index (χ1v) is 12.0. The Kier molecular flexibility index (Phi) is 8.33. The smallest absolute Gasteiger partial charge is 0.408 e. The van der Waals surface area contributed by atoms with Gasteiger partial charge in [0, 0.05) is 5.92 Å². The molecule has 0 spiro atoms. The second-order valence-corrected chi connectivity index (χ2v) is 9.12. The van der Waals surface area contributed by atoms with Crippen molar-refractivity contribution in [1.82, 2.24) is 10.6 Å². The summed E-state index contributed by atoms with van der Waals surface area (Å²) in [5.41, 5.74) is 4.13. The molecule has 2 aromatic carbocycles. The highest BCUT2D eigenvalue weighted by Gasteiger charge is 2.39. The largest absolute Gasteiger partial charge is 0.480 e. The maximum absolute atomic E-state index is 13.1. The number of ether oxygens (including phenoxy) is 1. The van der Waals surface area contributed by atoms with Gasteiger partial charge in [-0.3, -0.25) is 4.79 Å². The summed E-state index contributed by atoms with van der Waals surface area (Å²) in [6.07, 6.45) is 1.79. The quantitative estimate of drug-likeness (QED) is 0.417. The van der Waals surface area contributed by atoms with E-state index < -0.39 is 29.6 Å². The first-order chi connectivity index (χ1) is 16.7. The molecule has 0 heterocycles. The molecular formula is C28H34N2O5. The molecule has 0 fully saturated rings. The number of fused-ring (bicyclic) bond motifs is 3. The van der Waals surface area contributed by atoms with Crippen LogP contribution in [-0.4, -0.2) is 41.3 Å². The number of carboxylic acids is 1. The molecule has 0 saturated heterocycles. The fraction of sp³-hybridized carbons (Fsp3) is 0.393. The lowest BCUT2D eigenvalue weighted by Gasteiger charge is -2.32. The van der Waals surface area contributed by atoms with Gasteiger partial charge >= 0.3 is 12.1 Å². The number of carboxylic acid groups (broad SMARTS) is 1. The second kappa shape index (κ2) is 11.2. The third-order valence-corrected chi connectivity index (χ3v) is 6.69. The van der Waals surface area contributed by atoms with Gasteiger partial charge in [0.25, 0.3) is 0 Å². The number of benzene rings is 2. The van der Waals surface area contributed by atoms with E-state index in [1.165, 1.54) is 0 Å². The summed E-state index contributed by atoms with van der Waals surface area (Å²) in [4.78, 5) is 37.7. The highest BCUT2D eigenvalue weighted by molar-refractivity contribution is 5.92. The molecule has 1 unspecified atom stereocenters. The zero-order chi connectivity index (χ0) is 25.6. The van der Waals surface area contributed by atoms with Crippen LogP contribution in [0.25, 0.3) is 11.1 Å². The number of carbonyl (C=O) groups is 3. The normalized spacial score (nSPS) is 13.3. The van der Waals surface area contributed by atoms with Gasteiger partial charge in [-0.25, -0.2) is 9.59 Å². The van der Waals surface area contributed by atoms with Crippen LogP contribution in [0.2, 0.25) is 0 Å². The number of alkyl carbamates (subject to hydrolysis) is 1. The zero-order valence-corrected chi connectivity index (χ0v) is 20.8. The topological polar surface area (TPSA) is 105 Å². The van der Waals surface area contributed by atoms with Crippen LogP contribution in [0.4, 0.5) is 4.79 Å². The number of rotatable bonds is 10. The van der Waals surface area contributed by atoms with Gasteiger partial charge in [0.1, 0.15) is 18.2 Å². The van der Waals surface area contributed by atoms with Gasteiger partial charge in [-0.1, -0.05) is 74.0 Å². The molecule has 1 aliphatic rings. The van der Waals surface area contributed by atoms with Crippen molar-refractivity contribution in [3.63, 3.8) is 0 Å². The van der Waals surface area contributed by atoms with Crippen LogP contribution in [0.3, 0.4) is 0 Å². The minimum Gasteiger partial charge on any atom is -0.480 e. The Bertz CT molecular complexity index is 1070. The van der Waals surface area contributed by atoms with Gasteiger partial charge in [-0.05, 0) is 55.4 Å². The van der Waals surface area contributed by atoms with Gasteiger partial charge in [0.15, 0.2) is 0 Å². The maximum atomic E-state index is 13.1. The summed E-state index contributed by atoms with van der Waals surface area (Å²) in [5, 5.41) is 14.9. The van der Waals surface area contributed by atoms with E-state index in [1.807, 2.05) is 50.2 Å². The van der Waals surface area contributed by atoms with Crippen LogP contribution < -0.4 is 10.6 Å². The minimum absolute atomic E-state index is 0.0971. The molecule has 0 bridgehead atoms. The van der Waals surface area contributed by atoms with Crippen molar-refractivity contribution in [2.75, 3.05) is 6.61 Å². The van der Waals surface area contributed by atoms with Crippen molar-refractivity contribution >= 4 is 18.0 Å². The standard InChI is InChI=1S/C28H34N2O5/c1-5-28(6-2,26(33)29-24(25(31)32)16-15-18(3)4)30-27(34)35-17-23-21-13-9-7-11-19(21)20-12-8-10-14-22(20)23/h7-15,23-24H,5-6,16-17H2,1-4H3,(H,29,33)(H,30,34)(H,31,32). The van der Waals surface area contributed by atoms with Gasteiger partial charge in [0.05, 0.1) is 0 Å². The van der Waals surface area contributed by atoms with Crippen molar-refractivity contribution in [3.8, 4) is 11.1 Å².